The predicted molar refractivity (Wildman–Crippen MR) is 188 cm³/mol. The average molecular weight is 713 g/mol. The lowest BCUT2D eigenvalue weighted by Crippen LogP contribution is -2.24. The number of hydrogen-bond acceptors (Lipinski definition) is 11. The molecule has 2 aliphatic rings. The Hall–Kier alpha value is -6.27. The highest BCUT2D eigenvalue weighted by Gasteiger charge is 2.32. The number of urea groups is 1. The summed E-state index contributed by atoms with van der Waals surface area (Å²) >= 11 is 0. The molecule has 4 aromatic rings. The summed E-state index contributed by atoms with van der Waals surface area (Å²) < 4.78 is 69.2. The van der Waals surface area contributed by atoms with E-state index < -0.39 is 47.6 Å². The van der Waals surface area contributed by atoms with Gasteiger partial charge in [0.15, 0.2) is 0 Å². The van der Waals surface area contributed by atoms with E-state index in [4.69, 9.17) is 0 Å². The van der Waals surface area contributed by atoms with Crippen LogP contribution >= 0.6 is 0 Å². The van der Waals surface area contributed by atoms with Gasteiger partial charge in [0, 0.05) is 33.6 Å². The number of hydrogen-bond donors (Lipinski definition) is 6. The number of carbonyl (C=O) groups excluding carboxylic acids is 3. The molecule has 6 N–H and O–H groups in total. The number of nitrogens with one attached hydrogen (secondary N) is 4. The van der Waals surface area contributed by atoms with Gasteiger partial charge in [-0.2, -0.15) is 27.0 Å². The number of fused-ring (bicyclic) bond motifs is 2. The van der Waals surface area contributed by atoms with E-state index in [1.807, 2.05) is 0 Å². The lowest BCUT2D eigenvalue weighted by atomic mass is 9.94. The minimum atomic E-state index is -4.87. The van der Waals surface area contributed by atoms with Crippen molar-refractivity contribution in [2.45, 2.75) is 0 Å². The molecule has 2 aliphatic carbocycles. The molecule has 0 unspecified atom stereocenters. The summed E-state index contributed by atoms with van der Waals surface area (Å²) in [6.07, 6.45) is 1.81. The van der Waals surface area contributed by atoms with Crippen LogP contribution in [-0.2, 0) is 20.2 Å². The van der Waals surface area contributed by atoms with E-state index in [0.717, 1.165) is 12.2 Å². The van der Waals surface area contributed by atoms with Crippen LogP contribution in [0.3, 0.4) is 0 Å². The molecular weight excluding hydrogens is 689 g/mol. The third-order valence-electron chi connectivity index (χ3n) is 7.29. The highest BCUT2D eigenvalue weighted by atomic mass is 32.2. The number of amides is 2. The zero-order chi connectivity index (χ0) is 35.6. The van der Waals surface area contributed by atoms with E-state index in [9.17, 15) is 40.3 Å². The van der Waals surface area contributed by atoms with Gasteiger partial charge in [-0.1, -0.05) is 36.4 Å². The lowest BCUT2D eigenvalue weighted by molar-refractivity contribution is 0.105. The van der Waals surface area contributed by atoms with E-state index in [0.29, 0.717) is 11.4 Å². The third kappa shape index (κ3) is 7.25. The summed E-state index contributed by atoms with van der Waals surface area (Å²) in [5.41, 5.74) is 5.23. The van der Waals surface area contributed by atoms with Gasteiger partial charge < -0.3 is 10.6 Å². The fourth-order valence-electron chi connectivity index (χ4n) is 5.02. The van der Waals surface area contributed by atoms with Gasteiger partial charge in [0.05, 0.1) is 11.4 Å². The molecule has 2 amide bonds. The standard InChI is InChI=1S/C33H24N6O9S2/c40-31-23-13-11-21(15-25(23)29(49(43,44)45)17-27(31)38-36-19-7-3-1-4-8-19)34-33(42)35-22-12-14-24-26(16-22)30(50(46,47)48)18-28(32(24)41)39-37-20-9-5-2-6-10-20/h1-18,36-37H,(H2,34,35,42)(H,43,44,45)(H,46,47,48)/b38-27-,39-28-. The number of benzene rings is 4. The average Bonchev–Trinajstić information content (AvgIpc) is 3.07. The van der Waals surface area contributed by atoms with Crippen molar-refractivity contribution in [3.63, 3.8) is 0 Å². The van der Waals surface area contributed by atoms with Crippen molar-refractivity contribution in [3.05, 3.63) is 131 Å². The topological polar surface area (TPSA) is 233 Å². The summed E-state index contributed by atoms with van der Waals surface area (Å²) in [4.78, 5) is 38.0. The molecule has 0 atom stereocenters. The Bertz CT molecular complexity index is 2260. The van der Waals surface area contributed by atoms with Crippen LogP contribution in [0.25, 0.3) is 9.81 Å². The van der Waals surface area contributed by atoms with Crippen molar-refractivity contribution >= 4 is 81.8 Å². The van der Waals surface area contributed by atoms with Crippen LogP contribution in [0.15, 0.2) is 119 Å². The molecule has 252 valence electrons. The van der Waals surface area contributed by atoms with Crippen LogP contribution in [0.4, 0.5) is 27.5 Å². The maximum absolute atomic E-state index is 13.2. The molecule has 17 heteroatoms. The molecule has 0 bridgehead atoms. The van der Waals surface area contributed by atoms with Crippen LogP contribution < -0.4 is 21.5 Å². The number of anilines is 4. The molecule has 4 aromatic carbocycles. The number of ketones is 2. The Balaban J connectivity index is 1.23. The van der Waals surface area contributed by atoms with Crippen molar-refractivity contribution in [2.24, 2.45) is 10.2 Å². The number of hydrazone groups is 2. The van der Waals surface area contributed by atoms with Gasteiger partial charge in [0.1, 0.15) is 21.2 Å². The second-order valence-corrected chi connectivity index (χ2v) is 13.5. The van der Waals surface area contributed by atoms with Crippen molar-refractivity contribution in [2.75, 3.05) is 21.5 Å². The van der Waals surface area contributed by atoms with E-state index in [1.54, 1.807) is 60.7 Å². The fraction of sp³-hybridized carbons (Fsp3) is 0. The Morgan fingerprint density at radius 2 is 0.900 bits per heavy atom. The minimum Gasteiger partial charge on any atom is -0.308 e. The smallest absolute Gasteiger partial charge is 0.308 e. The molecule has 0 saturated heterocycles. The zero-order valence-corrected chi connectivity index (χ0v) is 27.0. The largest absolute Gasteiger partial charge is 0.323 e. The second-order valence-electron chi connectivity index (χ2n) is 10.7. The van der Waals surface area contributed by atoms with Gasteiger partial charge in [-0.15, -0.1) is 0 Å². The SMILES string of the molecule is O=C(Nc1ccc2c(c1)C(S(=O)(=O)O)=C/C(=N/Nc1ccccc1)C2=O)Nc1ccc2c(c1)C(S(=O)(=O)O)=C/C(=N/Nc1ccccc1)C2=O. The monoisotopic (exact) mass is 712 g/mol. The van der Waals surface area contributed by atoms with Crippen molar-refractivity contribution in [3.8, 4) is 0 Å². The molecule has 15 nitrogen and oxygen atoms in total. The first-order valence-electron chi connectivity index (χ1n) is 14.4. The molecule has 0 fully saturated rings. The Kier molecular flexibility index (Phi) is 8.96. The number of nitrogens with zero attached hydrogens (tertiary/aromatic N) is 2. The highest BCUT2D eigenvalue weighted by molar-refractivity contribution is 7.95. The van der Waals surface area contributed by atoms with E-state index >= 15 is 0 Å². The highest BCUT2D eigenvalue weighted by Crippen LogP contribution is 2.33. The quantitative estimate of drug-likeness (QED) is 0.104. The van der Waals surface area contributed by atoms with Crippen molar-refractivity contribution in [1.82, 2.24) is 0 Å². The second kappa shape index (κ2) is 13.3. The van der Waals surface area contributed by atoms with Gasteiger partial charge >= 0.3 is 6.03 Å². The maximum atomic E-state index is 13.2. The van der Waals surface area contributed by atoms with Gasteiger partial charge in [-0.05, 0) is 72.8 Å². The molecule has 0 aliphatic heterocycles. The van der Waals surface area contributed by atoms with Crippen LogP contribution in [0.2, 0.25) is 0 Å². The Morgan fingerprint density at radius 1 is 0.520 bits per heavy atom. The summed E-state index contributed by atoms with van der Waals surface area (Å²) in [6.45, 7) is 0. The number of allylic oxidation sites excluding steroid dienone is 2. The number of carbonyl (C=O) groups is 3. The van der Waals surface area contributed by atoms with Gasteiger partial charge in [0.25, 0.3) is 20.2 Å². The van der Waals surface area contributed by atoms with Gasteiger partial charge in [-0.3, -0.25) is 29.5 Å². The summed E-state index contributed by atoms with van der Waals surface area (Å²) in [7, 11) is -9.74. The van der Waals surface area contributed by atoms with Crippen LogP contribution in [-0.4, -0.2) is 55.0 Å². The lowest BCUT2D eigenvalue weighted by Gasteiger charge is -2.19. The van der Waals surface area contributed by atoms with Crippen LogP contribution in [0.5, 0.6) is 0 Å². The third-order valence-corrected chi connectivity index (χ3v) is 9.08. The molecule has 0 spiro atoms. The summed E-state index contributed by atoms with van der Waals surface area (Å²) in [5.74, 6) is -1.30. The van der Waals surface area contributed by atoms with Crippen molar-refractivity contribution < 1.29 is 40.3 Å². The van der Waals surface area contributed by atoms with Crippen LogP contribution in [0, 0.1) is 0 Å². The maximum Gasteiger partial charge on any atom is 0.323 e. The first-order valence-corrected chi connectivity index (χ1v) is 17.3. The normalized spacial score (nSPS) is 15.8. The van der Waals surface area contributed by atoms with Gasteiger partial charge in [0.2, 0.25) is 11.6 Å². The summed E-state index contributed by atoms with van der Waals surface area (Å²) in [6, 6.07) is 23.7. The minimum absolute atomic E-state index is 0.0184. The number of rotatable bonds is 8. The molecule has 50 heavy (non-hydrogen) atoms. The van der Waals surface area contributed by atoms with Gasteiger partial charge in [-0.25, -0.2) is 4.79 Å². The molecule has 0 heterocycles. The number of para-hydroxylation sites is 2. The first kappa shape index (κ1) is 33.6. The Labute approximate surface area is 284 Å². The molecule has 0 aromatic heterocycles. The fourth-order valence-corrected chi connectivity index (χ4v) is 6.43. The first-order chi connectivity index (χ1) is 23.8. The predicted octanol–water partition coefficient (Wildman–Crippen LogP) is 5.12. The molecule has 6 rings (SSSR count). The Morgan fingerprint density at radius 3 is 1.26 bits per heavy atom. The van der Waals surface area contributed by atoms with E-state index in [2.05, 4.69) is 31.7 Å². The molecule has 0 saturated carbocycles. The van der Waals surface area contributed by atoms with Crippen molar-refractivity contribution in [1.29, 1.82) is 0 Å². The summed E-state index contributed by atoms with van der Waals surface area (Å²) in [5, 5.41) is 12.9. The van der Waals surface area contributed by atoms with Crippen LogP contribution in [0.1, 0.15) is 31.8 Å². The zero-order valence-electron chi connectivity index (χ0n) is 25.4. The van der Waals surface area contributed by atoms with E-state index in [1.165, 1.54) is 36.4 Å². The molecular formula is C33H24N6O9S2. The number of Topliss-reactive ketones (excluding diaryl/α,β-unsaturated/α-hetero) is 2. The van der Waals surface area contributed by atoms with E-state index in [-0.39, 0.29) is 45.1 Å². The molecule has 0 radical (unpaired) electrons.